The number of Topliss-reactive ketones (excluding diaryl/α,β-unsaturated/α-hetero) is 1. The number of hydrogen-bond donors (Lipinski definition) is 0. The topological polar surface area (TPSA) is 47.0 Å². The summed E-state index contributed by atoms with van der Waals surface area (Å²) in [5.74, 6) is 0.227. The summed E-state index contributed by atoms with van der Waals surface area (Å²) < 4.78 is 0. The molecule has 2 aliphatic carbocycles. The third-order valence-corrected chi connectivity index (χ3v) is 6.60. The van der Waals surface area contributed by atoms with Gasteiger partial charge >= 0.3 is 0 Å². The molecule has 3 nitrogen and oxygen atoms in total. The van der Waals surface area contributed by atoms with E-state index in [1.54, 1.807) is 6.20 Å². The van der Waals surface area contributed by atoms with Gasteiger partial charge in [0.2, 0.25) is 0 Å². The largest absolute Gasteiger partial charge is 0.303 e. The minimum absolute atomic E-state index is 0.227. The first-order valence-electron chi connectivity index (χ1n) is 9.04. The fourth-order valence-corrected chi connectivity index (χ4v) is 5.50. The predicted molar refractivity (Wildman–Crippen MR) is 101 cm³/mol. The lowest BCUT2D eigenvalue weighted by atomic mass is 9.53. The Labute approximate surface area is 152 Å². The first-order valence-corrected chi connectivity index (χ1v) is 9.04. The van der Waals surface area contributed by atoms with E-state index in [9.17, 15) is 9.59 Å². The first-order chi connectivity index (χ1) is 12.6. The van der Waals surface area contributed by atoms with E-state index in [1.165, 1.54) is 5.56 Å². The number of nitrogens with zero attached hydrogens (tertiary/aromatic N) is 1. The SMILES string of the molecule is CC12CC(=O)CC1(CC=O)c1cccnc1-c1ccc3ccccc3c12. The normalized spacial score (nSPS) is 26.3. The van der Waals surface area contributed by atoms with Crippen LogP contribution in [-0.2, 0) is 20.4 Å². The highest BCUT2D eigenvalue weighted by Gasteiger charge is 2.60. The van der Waals surface area contributed by atoms with Crippen LogP contribution in [-0.4, -0.2) is 17.1 Å². The van der Waals surface area contributed by atoms with Gasteiger partial charge in [0.25, 0.3) is 0 Å². The summed E-state index contributed by atoms with van der Waals surface area (Å²) in [6.07, 6.45) is 3.99. The number of pyridine rings is 1. The molecule has 128 valence electrons. The van der Waals surface area contributed by atoms with Crippen molar-refractivity contribution >= 4 is 22.8 Å². The number of rotatable bonds is 2. The number of fused-ring (bicyclic) bond motifs is 8. The molecular weight excluding hydrogens is 322 g/mol. The average Bonchev–Trinajstić information content (AvgIpc) is 2.93. The fourth-order valence-electron chi connectivity index (χ4n) is 5.50. The molecule has 0 aliphatic heterocycles. The lowest BCUT2D eigenvalue weighted by molar-refractivity contribution is -0.117. The molecule has 26 heavy (non-hydrogen) atoms. The van der Waals surface area contributed by atoms with Gasteiger partial charge in [0.1, 0.15) is 12.1 Å². The van der Waals surface area contributed by atoms with Crippen LogP contribution in [0.1, 0.15) is 37.3 Å². The highest BCUT2D eigenvalue weighted by Crippen LogP contribution is 2.62. The summed E-state index contributed by atoms with van der Waals surface area (Å²) in [6, 6.07) is 16.5. The quantitative estimate of drug-likeness (QED) is 0.651. The van der Waals surface area contributed by atoms with E-state index in [0.29, 0.717) is 19.3 Å². The molecule has 2 unspecified atom stereocenters. The molecule has 5 rings (SSSR count). The Hall–Kier alpha value is -2.81. The van der Waals surface area contributed by atoms with E-state index in [2.05, 4.69) is 42.2 Å². The zero-order valence-electron chi connectivity index (χ0n) is 14.7. The molecule has 3 aromatic rings. The Morgan fingerprint density at radius 3 is 2.77 bits per heavy atom. The standard InChI is InChI=1S/C23H19NO2/c1-22-13-16(26)14-23(22,10-12-25)19-7-4-11-24-21(19)18-9-8-15-5-2-3-6-17(15)20(18)22/h2-9,11-12H,10,13-14H2,1H3. The Bertz CT molecular complexity index is 1090. The van der Waals surface area contributed by atoms with Gasteiger partial charge in [0, 0.05) is 41.9 Å². The average molecular weight is 341 g/mol. The number of hydrogen-bond acceptors (Lipinski definition) is 3. The summed E-state index contributed by atoms with van der Waals surface area (Å²) in [4.78, 5) is 29.1. The molecule has 1 heterocycles. The van der Waals surface area contributed by atoms with Crippen LogP contribution in [0.3, 0.4) is 0 Å². The van der Waals surface area contributed by atoms with Crippen LogP contribution in [0.2, 0.25) is 0 Å². The van der Waals surface area contributed by atoms with Crippen molar-refractivity contribution in [2.24, 2.45) is 0 Å². The van der Waals surface area contributed by atoms with E-state index in [-0.39, 0.29) is 5.78 Å². The third kappa shape index (κ3) is 1.70. The van der Waals surface area contributed by atoms with E-state index in [0.717, 1.165) is 33.9 Å². The lowest BCUT2D eigenvalue weighted by Crippen LogP contribution is -2.46. The van der Waals surface area contributed by atoms with Gasteiger partial charge in [-0.3, -0.25) is 9.78 Å². The lowest BCUT2D eigenvalue weighted by Gasteiger charge is -2.48. The summed E-state index contributed by atoms with van der Waals surface area (Å²) in [6.45, 7) is 2.17. The zero-order valence-corrected chi connectivity index (χ0v) is 14.7. The van der Waals surface area contributed by atoms with Crippen LogP contribution >= 0.6 is 0 Å². The molecule has 0 radical (unpaired) electrons. The summed E-state index contributed by atoms with van der Waals surface area (Å²) >= 11 is 0. The Kier molecular flexibility index (Phi) is 3.03. The maximum absolute atomic E-state index is 12.7. The van der Waals surface area contributed by atoms with Crippen LogP contribution in [0.5, 0.6) is 0 Å². The smallest absolute Gasteiger partial charge is 0.134 e. The second-order valence-corrected chi connectivity index (χ2v) is 7.79. The highest BCUT2D eigenvalue weighted by atomic mass is 16.1. The van der Waals surface area contributed by atoms with Crippen molar-refractivity contribution in [1.29, 1.82) is 0 Å². The summed E-state index contributed by atoms with van der Waals surface area (Å²) in [7, 11) is 0. The molecule has 3 heteroatoms. The van der Waals surface area contributed by atoms with Crippen molar-refractivity contribution in [3.63, 3.8) is 0 Å². The fraction of sp³-hybridized carbons (Fsp3) is 0.261. The molecule has 1 aromatic heterocycles. The van der Waals surface area contributed by atoms with Gasteiger partial charge in [-0.2, -0.15) is 0 Å². The number of aldehydes is 1. The number of carbonyl (C=O) groups excluding carboxylic acids is 2. The minimum Gasteiger partial charge on any atom is -0.303 e. The summed E-state index contributed by atoms with van der Waals surface area (Å²) in [5, 5.41) is 2.32. The molecule has 0 spiro atoms. The Balaban J connectivity index is 1.99. The van der Waals surface area contributed by atoms with Crippen LogP contribution in [0.25, 0.3) is 22.0 Å². The van der Waals surface area contributed by atoms with E-state index in [4.69, 9.17) is 0 Å². The third-order valence-electron chi connectivity index (χ3n) is 6.60. The van der Waals surface area contributed by atoms with Crippen molar-refractivity contribution in [2.75, 3.05) is 0 Å². The number of ketones is 1. The minimum atomic E-state index is -0.507. The maximum Gasteiger partial charge on any atom is 0.134 e. The molecule has 2 aliphatic rings. The number of aromatic nitrogens is 1. The van der Waals surface area contributed by atoms with Gasteiger partial charge in [-0.1, -0.05) is 49.4 Å². The van der Waals surface area contributed by atoms with Crippen LogP contribution in [0.15, 0.2) is 54.7 Å². The second-order valence-electron chi connectivity index (χ2n) is 7.79. The molecular formula is C23H19NO2. The predicted octanol–water partition coefficient (Wildman–Crippen LogP) is 4.36. The molecule has 0 amide bonds. The number of benzene rings is 2. The molecule has 0 saturated heterocycles. The zero-order chi connectivity index (χ0) is 17.9. The van der Waals surface area contributed by atoms with E-state index >= 15 is 0 Å². The monoisotopic (exact) mass is 341 g/mol. The number of carbonyl (C=O) groups is 2. The van der Waals surface area contributed by atoms with E-state index in [1.807, 2.05) is 18.2 Å². The van der Waals surface area contributed by atoms with Crippen molar-refractivity contribution in [3.8, 4) is 11.3 Å². The maximum atomic E-state index is 12.7. The summed E-state index contributed by atoms with van der Waals surface area (Å²) in [5.41, 5.74) is 3.32. The molecule has 0 N–H and O–H groups in total. The van der Waals surface area contributed by atoms with Gasteiger partial charge in [-0.25, -0.2) is 0 Å². The van der Waals surface area contributed by atoms with Crippen molar-refractivity contribution < 1.29 is 9.59 Å². The first kappa shape index (κ1) is 15.4. The van der Waals surface area contributed by atoms with Crippen LogP contribution in [0.4, 0.5) is 0 Å². The molecule has 0 bridgehead atoms. The van der Waals surface area contributed by atoms with Crippen LogP contribution in [0, 0.1) is 0 Å². The molecule has 2 aromatic carbocycles. The van der Waals surface area contributed by atoms with Gasteiger partial charge in [0.05, 0.1) is 5.69 Å². The van der Waals surface area contributed by atoms with Crippen LogP contribution < -0.4 is 0 Å². The van der Waals surface area contributed by atoms with Gasteiger partial charge in [0.15, 0.2) is 0 Å². The molecule has 2 atom stereocenters. The van der Waals surface area contributed by atoms with Gasteiger partial charge < -0.3 is 4.79 Å². The van der Waals surface area contributed by atoms with Crippen molar-refractivity contribution in [1.82, 2.24) is 4.98 Å². The van der Waals surface area contributed by atoms with Gasteiger partial charge in [-0.05, 0) is 28.0 Å². The van der Waals surface area contributed by atoms with Crippen molar-refractivity contribution in [3.05, 3.63) is 65.9 Å². The van der Waals surface area contributed by atoms with Gasteiger partial charge in [-0.15, -0.1) is 0 Å². The molecule has 1 fully saturated rings. The Morgan fingerprint density at radius 2 is 1.92 bits per heavy atom. The van der Waals surface area contributed by atoms with Crippen molar-refractivity contribution in [2.45, 2.75) is 37.0 Å². The Morgan fingerprint density at radius 1 is 1.08 bits per heavy atom. The second kappa shape index (κ2) is 5.10. The highest BCUT2D eigenvalue weighted by molar-refractivity contribution is 5.99. The molecule has 1 saturated carbocycles. The van der Waals surface area contributed by atoms with E-state index < -0.39 is 10.8 Å².